The Morgan fingerprint density at radius 2 is 1.79 bits per heavy atom. The van der Waals surface area contributed by atoms with Crippen molar-refractivity contribution in [1.29, 1.82) is 0 Å². The Bertz CT molecular complexity index is 570. The Morgan fingerprint density at radius 1 is 1.21 bits per heavy atom. The summed E-state index contributed by atoms with van der Waals surface area (Å²) >= 11 is 0. The van der Waals surface area contributed by atoms with Gasteiger partial charge in [0.25, 0.3) is 0 Å². The van der Waals surface area contributed by atoms with Crippen molar-refractivity contribution in [1.82, 2.24) is 4.98 Å². The number of rotatable bonds is 6. The molecule has 4 nitrogen and oxygen atoms in total. The lowest BCUT2D eigenvalue weighted by Gasteiger charge is -2.36. The van der Waals surface area contributed by atoms with Gasteiger partial charge in [0.1, 0.15) is 5.69 Å². The molecule has 1 aromatic heterocycles. The first kappa shape index (κ1) is 20.9. The van der Waals surface area contributed by atoms with Gasteiger partial charge in [-0.3, -0.25) is 0 Å². The first-order chi connectivity index (χ1) is 10.8. The summed E-state index contributed by atoms with van der Waals surface area (Å²) in [6.07, 6.45) is -4.16. The zero-order valence-corrected chi connectivity index (χ0v) is 16.2. The summed E-state index contributed by atoms with van der Waals surface area (Å²) in [6, 6.07) is 1.04. The molecule has 8 heteroatoms. The lowest BCUT2D eigenvalue weighted by atomic mass is 10.1. The van der Waals surface area contributed by atoms with Crippen molar-refractivity contribution >= 4 is 8.32 Å². The SMILES string of the molecule is COc1nc(C(F)(F)F)cc(CO[Si](C)(C)C(C)(C)C)c1CCN. The highest BCUT2D eigenvalue weighted by Gasteiger charge is 2.38. The summed E-state index contributed by atoms with van der Waals surface area (Å²) in [7, 11) is -0.792. The van der Waals surface area contributed by atoms with Gasteiger partial charge in [-0.15, -0.1) is 0 Å². The van der Waals surface area contributed by atoms with Gasteiger partial charge in [0.05, 0.1) is 13.7 Å². The van der Waals surface area contributed by atoms with E-state index in [2.05, 4.69) is 38.8 Å². The molecule has 138 valence electrons. The molecule has 0 bridgehead atoms. The average molecular weight is 364 g/mol. The largest absolute Gasteiger partial charge is 0.481 e. The molecule has 0 fully saturated rings. The van der Waals surface area contributed by atoms with E-state index >= 15 is 0 Å². The van der Waals surface area contributed by atoms with Crippen LogP contribution in [-0.4, -0.2) is 27.0 Å². The minimum Gasteiger partial charge on any atom is -0.481 e. The molecular formula is C16H27F3N2O2Si. The Kier molecular flexibility index (Phi) is 6.46. The van der Waals surface area contributed by atoms with Gasteiger partial charge in [0.2, 0.25) is 5.88 Å². The van der Waals surface area contributed by atoms with Crippen molar-refractivity contribution in [3.8, 4) is 5.88 Å². The maximum atomic E-state index is 13.1. The van der Waals surface area contributed by atoms with Crippen LogP contribution < -0.4 is 10.5 Å². The molecule has 0 saturated heterocycles. The predicted octanol–water partition coefficient (Wildman–Crippen LogP) is 4.13. The van der Waals surface area contributed by atoms with Gasteiger partial charge in [0.15, 0.2) is 8.32 Å². The van der Waals surface area contributed by atoms with E-state index in [0.717, 1.165) is 6.07 Å². The molecule has 0 amide bonds. The van der Waals surface area contributed by atoms with Gasteiger partial charge >= 0.3 is 6.18 Å². The Morgan fingerprint density at radius 3 is 2.21 bits per heavy atom. The van der Waals surface area contributed by atoms with E-state index in [-0.39, 0.29) is 24.1 Å². The van der Waals surface area contributed by atoms with Crippen molar-refractivity contribution < 1.29 is 22.3 Å². The Hall–Kier alpha value is -1.12. The normalized spacial score (nSPS) is 13.2. The molecule has 2 N–H and O–H groups in total. The zero-order chi connectivity index (χ0) is 18.8. The highest BCUT2D eigenvalue weighted by molar-refractivity contribution is 6.74. The Balaban J connectivity index is 3.28. The number of nitrogens with two attached hydrogens (primary N) is 1. The molecule has 0 spiro atoms. The van der Waals surface area contributed by atoms with E-state index in [9.17, 15) is 13.2 Å². The molecule has 24 heavy (non-hydrogen) atoms. The lowest BCUT2D eigenvalue weighted by molar-refractivity contribution is -0.141. The summed E-state index contributed by atoms with van der Waals surface area (Å²) in [6.45, 7) is 10.7. The van der Waals surface area contributed by atoms with Crippen LogP contribution in [0.4, 0.5) is 13.2 Å². The second kappa shape index (κ2) is 7.41. The third kappa shape index (κ3) is 4.94. The highest BCUT2D eigenvalue weighted by Crippen LogP contribution is 2.38. The number of aromatic nitrogens is 1. The smallest absolute Gasteiger partial charge is 0.433 e. The third-order valence-corrected chi connectivity index (χ3v) is 8.93. The number of halogens is 3. The van der Waals surface area contributed by atoms with Gasteiger partial charge in [0, 0.05) is 5.56 Å². The van der Waals surface area contributed by atoms with Crippen LogP contribution >= 0.6 is 0 Å². The van der Waals surface area contributed by atoms with Crippen molar-refractivity contribution in [3.05, 3.63) is 22.9 Å². The van der Waals surface area contributed by atoms with Gasteiger partial charge < -0.3 is 14.9 Å². The summed E-state index contributed by atoms with van der Waals surface area (Å²) in [4.78, 5) is 3.59. The molecule has 0 aliphatic carbocycles. The van der Waals surface area contributed by atoms with E-state index < -0.39 is 20.2 Å². The highest BCUT2D eigenvalue weighted by atomic mass is 28.4. The van der Waals surface area contributed by atoms with Crippen LogP contribution in [0.5, 0.6) is 5.88 Å². The summed E-state index contributed by atoms with van der Waals surface area (Å²) in [5, 5.41) is -0.0367. The minimum atomic E-state index is -4.54. The van der Waals surface area contributed by atoms with Gasteiger partial charge in [-0.25, -0.2) is 4.98 Å². The average Bonchev–Trinajstić information content (AvgIpc) is 2.43. The fourth-order valence-electron chi connectivity index (χ4n) is 1.93. The molecule has 0 radical (unpaired) electrons. The molecule has 1 aromatic rings. The van der Waals surface area contributed by atoms with Crippen LogP contribution in [0.15, 0.2) is 6.07 Å². The van der Waals surface area contributed by atoms with Gasteiger partial charge in [-0.05, 0) is 42.7 Å². The molecule has 0 atom stereocenters. The first-order valence-electron chi connectivity index (χ1n) is 7.81. The molecule has 0 aliphatic heterocycles. The van der Waals surface area contributed by atoms with Crippen LogP contribution in [0.1, 0.15) is 37.6 Å². The molecule has 0 unspecified atom stereocenters. The van der Waals surface area contributed by atoms with E-state index in [1.54, 1.807) is 0 Å². The van der Waals surface area contributed by atoms with E-state index in [1.807, 2.05) is 0 Å². The van der Waals surface area contributed by atoms with E-state index in [4.69, 9.17) is 14.9 Å². The number of methoxy groups -OCH3 is 1. The maximum Gasteiger partial charge on any atom is 0.433 e. The number of pyridine rings is 1. The Labute approximate surface area is 142 Å². The summed E-state index contributed by atoms with van der Waals surface area (Å²) in [5.41, 5.74) is 5.62. The first-order valence-corrected chi connectivity index (χ1v) is 10.7. The summed E-state index contributed by atoms with van der Waals surface area (Å²) < 4.78 is 50.4. The van der Waals surface area contributed by atoms with Gasteiger partial charge in [-0.1, -0.05) is 20.8 Å². The molecule has 1 heterocycles. The molecule has 0 aliphatic rings. The van der Waals surface area contributed by atoms with Crippen molar-refractivity contribution in [2.45, 2.75) is 58.1 Å². The van der Waals surface area contributed by atoms with Crippen molar-refractivity contribution in [2.24, 2.45) is 5.73 Å². The minimum absolute atomic E-state index is 0.0367. The van der Waals surface area contributed by atoms with Crippen LogP contribution in [0, 0.1) is 0 Å². The fraction of sp³-hybridized carbons (Fsp3) is 0.688. The third-order valence-electron chi connectivity index (χ3n) is 4.45. The van der Waals surface area contributed by atoms with E-state index in [1.165, 1.54) is 7.11 Å². The van der Waals surface area contributed by atoms with Crippen LogP contribution in [0.25, 0.3) is 0 Å². The van der Waals surface area contributed by atoms with Crippen LogP contribution in [0.3, 0.4) is 0 Å². The van der Waals surface area contributed by atoms with Crippen LogP contribution in [0.2, 0.25) is 18.1 Å². The number of hydrogen-bond donors (Lipinski definition) is 1. The fourth-order valence-corrected chi connectivity index (χ4v) is 2.88. The van der Waals surface area contributed by atoms with Gasteiger partial charge in [-0.2, -0.15) is 13.2 Å². The summed E-state index contributed by atoms with van der Waals surface area (Å²) in [5.74, 6) is -0.0379. The number of nitrogens with zero attached hydrogens (tertiary/aromatic N) is 1. The lowest BCUT2D eigenvalue weighted by Crippen LogP contribution is -2.40. The monoisotopic (exact) mass is 364 g/mol. The molecule has 0 saturated carbocycles. The standard InChI is InChI=1S/C16H27F3N2O2Si/c1-15(2,3)24(5,6)23-10-11-9-13(16(17,18)19)21-14(22-4)12(11)7-8-20/h9H,7-8,10,20H2,1-6H3. The quantitative estimate of drug-likeness (QED) is 0.771. The van der Waals surface area contributed by atoms with E-state index in [0.29, 0.717) is 17.5 Å². The predicted molar refractivity (Wildman–Crippen MR) is 90.5 cm³/mol. The number of alkyl halides is 3. The molecule has 0 aromatic carbocycles. The second-order valence-electron chi connectivity index (χ2n) is 7.24. The number of ether oxygens (including phenoxy) is 1. The number of hydrogen-bond acceptors (Lipinski definition) is 4. The topological polar surface area (TPSA) is 57.4 Å². The van der Waals surface area contributed by atoms with Crippen molar-refractivity contribution in [3.63, 3.8) is 0 Å². The van der Waals surface area contributed by atoms with Crippen molar-refractivity contribution in [2.75, 3.05) is 13.7 Å². The second-order valence-corrected chi connectivity index (χ2v) is 12.0. The zero-order valence-electron chi connectivity index (χ0n) is 15.2. The molecular weight excluding hydrogens is 337 g/mol. The molecule has 1 rings (SSSR count). The van der Waals surface area contributed by atoms with Crippen LogP contribution in [-0.2, 0) is 23.6 Å². The maximum absolute atomic E-state index is 13.1.